The molecule has 0 saturated carbocycles. The number of fused-ring (bicyclic) bond motifs is 1. The van der Waals surface area contributed by atoms with Crippen LogP contribution in [-0.2, 0) is 12.8 Å². The maximum absolute atomic E-state index is 6.31. The Morgan fingerprint density at radius 2 is 2.05 bits per heavy atom. The van der Waals surface area contributed by atoms with Gasteiger partial charge in [-0.05, 0) is 24.1 Å². The minimum Gasteiger partial charge on any atom is -0.464 e. The van der Waals surface area contributed by atoms with Crippen LogP contribution in [-0.4, -0.2) is 4.98 Å². The molecule has 3 rings (SSSR count). The topological polar surface area (TPSA) is 52.0 Å². The van der Waals surface area contributed by atoms with Crippen molar-refractivity contribution < 1.29 is 4.42 Å². The van der Waals surface area contributed by atoms with E-state index in [1.807, 2.05) is 30.5 Å². The highest BCUT2D eigenvalue weighted by atomic mass is 16.3. The Kier molecular flexibility index (Phi) is 3.52. The van der Waals surface area contributed by atoms with E-state index in [9.17, 15) is 0 Å². The highest BCUT2D eigenvalue weighted by Crippen LogP contribution is 2.26. The van der Waals surface area contributed by atoms with Crippen LogP contribution in [0.2, 0.25) is 0 Å². The summed E-state index contributed by atoms with van der Waals surface area (Å²) in [5.74, 6) is 0. The van der Waals surface area contributed by atoms with Crippen molar-refractivity contribution in [1.82, 2.24) is 4.98 Å². The molecule has 1 aromatic carbocycles. The molecule has 0 aliphatic carbocycles. The molecule has 0 amide bonds. The van der Waals surface area contributed by atoms with Gasteiger partial charge in [0.05, 0.1) is 6.26 Å². The lowest BCUT2D eigenvalue weighted by Gasteiger charge is -2.10. The zero-order chi connectivity index (χ0) is 13.9. The third-order valence-electron chi connectivity index (χ3n) is 3.63. The average molecular weight is 266 g/mol. The molecule has 1 unspecified atom stereocenters. The van der Waals surface area contributed by atoms with Crippen molar-refractivity contribution in [3.8, 4) is 0 Å². The minimum absolute atomic E-state index is 0.0985. The predicted molar refractivity (Wildman–Crippen MR) is 80.5 cm³/mol. The number of benzene rings is 1. The number of pyridine rings is 1. The van der Waals surface area contributed by atoms with Crippen molar-refractivity contribution in [2.24, 2.45) is 5.73 Å². The minimum atomic E-state index is -0.0985. The maximum atomic E-state index is 6.31. The molecule has 102 valence electrons. The quantitative estimate of drug-likeness (QED) is 0.784. The number of hydrogen-bond acceptors (Lipinski definition) is 3. The summed E-state index contributed by atoms with van der Waals surface area (Å²) in [6.45, 7) is 2.13. The SMILES string of the molecule is CCc1ccc(CC(N)c2coc3ccccc23)nc1. The lowest BCUT2D eigenvalue weighted by Crippen LogP contribution is -2.13. The normalized spacial score (nSPS) is 12.7. The van der Waals surface area contributed by atoms with E-state index in [0.29, 0.717) is 6.42 Å². The molecular weight excluding hydrogens is 248 g/mol. The summed E-state index contributed by atoms with van der Waals surface area (Å²) in [7, 11) is 0. The van der Waals surface area contributed by atoms with Gasteiger partial charge < -0.3 is 10.2 Å². The van der Waals surface area contributed by atoms with Gasteiger partial charge in [-0.1, -0.05) is 31.2 Å². The van der Waals surface area contributed by atoms with Gasteiger partial charge in [0.15, 0.2) is 0 Å². The number of aryl methyl sites for hydroxylation is 1. The number of hydrogen-bond donors (Lipinski definition) is 1. The first-order valence-corrected chi connectivity index (χ1v) is 6.93. The van der Waals surface area contributed by atoms with Crippen LogP contribution in [0.15, 0.2) is 53.3 Å². The zero-order valence-electron chi connectivity index (χ0n) is 11.5. The van der Waals surface area contributed by atoms with Crippen LogP contribution in [0.5, 0.6) is 0 Å². The van der Waals surface area contributed by atoms with Crippen molar-refractivity contribution in [2.45, 2.75) is 25.8 Å². The zero-order valence-corrected chi connectivity index (χ0v) is 11.5. The summed E-state index contributed by atoms with van der Waals surface area (Å²) >= 11 is 0. The lowest BCUT2D eigenvalue weighted by atomic mass is 10.0. The first-order chi connectivity index (χ1) is 9.78. The first-order valence-electron chi connectivity index (χ1n) is 6.93. The number of aromatic nitrogens is 1. The van der Waals surface area contributed by atoms with Crippen molar-refractivity contribution in [3.05, 3.63) is 65.7 Å². The molecule has 0 aliphatic heterocycles. The highest BCUT2D eigenvalue weighted by Gasteiger charge is 2.14. The molecule has 3 heteroatoms. The monoisotopic (exact) mass is 266 g/mol. The first kappa shape index (κ1) is 12.9. The fourth-order valence-electron chi connectivity index (χ4n) is 2.41. The molecule has 2 heterocycles. The van der Waals surface area contributed by atoms with E-state index in [4.69, 9.17) is 10.2 Å². The number of nitrogens with zero attached hydrogens (tertiary/aromatic N) is 1. The summed E-state index contributed by atoms with van der Waals surface area (Å²) in [6.07, 6.45) is 5.41. The van der Waals surface area contributed by atoms with Crippen molar-refractivity contribution in [3.63, 3.8) is 0 Å². The van der Waals surface area contributed by atoms with Gasteiger partial charge >= 0.3 is 0 Å². The molecule has 20 heavy (non-hydrogen) atoms. The predicted octanol–water partition coefficient (Wildman–Crippen LogP) is 3.63. The Balaban J connectivity index is 1.83. The van der Waals surface area contributed by atoms with Gasteiger partial charge in [0.1, 0.15) is 5.58 Å². The van der Waals surface area contributed by atoms with Gasteiger partial charge in [-0.15, -0.1) is 0 Å². The molecule has 2 N–H and O–H groups in total. The van der Waals surface area contributed by atoms with Gasteiger partial charge in [0.2, 0.25) is 0 Å². The summed E-state index contributed by atoms with van der Waals surface area (Å²) < 4.78 is 5.54. The van der Waals surface area contributed by atoms with Crippen LogP contribution < -0.4 is 5.73 Å². The van der Waals surface area contributed by atoms with Crippen LogP contribution in [0.1, 0.15) is 29.8 Å². The third kappa shape index (κ3) is 2.45. The van der Waals surface area contributed by atoms with E-state index in [1.54, 1.807) is 6.26 Å². The molecular formula is C17H18N2O. The van der Waals surface area contributed by atoms with Gasteiger partial charge in [-0.3, -0.25) is 4.98 Å². The molecule has 3 nitrogen and oxygen atoms in total. The number of para-hydroxylation sites is 1. The standard InChI is InChI=1S/C17H18N2O/c1-2-12-7-8-13(19-10-12)9-16(18)15-11-20-17-6-4-3-5-14(15)17/h3-8,10-11,16H,2,9,18H2,1H3. The number of nitrogens with two attached hydrogens (primary N) is 1. The van der Waals surface area contributed by atoms with Crippen LogP contribution >= 0.6 is 0 Å². The van der Waals surface area contributed by atoms with E-state index in [0.717, 1.165) is 28.6 Å². The van der Waals surface area contributed by atoms with Crippen molar-refractivity contribution >= 4 is 11.0 Å². The average Bonchev–Trinajstić information content (AvgIpc) is 2.92. The second-order valence-electron chi connectivity index (χ2n) is 5.01. The van der Waals surface area contributed by atoms with E-state index < -0.39 is 0 Å². The fraction of sp³-hybridized carbons (Fsp3) is 0.235. The Hall–Kier alpha value is -2.13. The molecule has 0 aliphatic rings. The van der Waals surface area contributed by atoms with Gasteiger partial charge in [0, 0.05) is 35.3 Å². The molecule has 0 fully saturated rings. The van der Waals surface area contributed by atoms with E-state index in [-0.39, 0.29) is 6.04 Å². The fourth-order valence-corrected chi connectivity index (χ4v) is 2.41. The van der Waals surface area contributed by atoms with Crippen molar-refractivity contribution in [2.75, 3.05) is 0 Å². The van der Waals surface area contributed by atoms with Gasteiger partial charge in [-0.25, -0.2) is 0 Å². The number of rotatable bonds is 4. The Labute approximate surface area is 118 Å². The molecule has 1 atom stereocenters. The van der Waals surface area contributed by atoms with Gasteiger partial charge in [0.25, 0.3) is 0 Å². The Morgan fingerprint density at radius 3 is 2.80 bits per heavy atom. The maximum Gasteiger partial charge on any atom is 0.134 e. The van der Waals surface area contributed by atoms with E-state index >= 15 is 0 Å². The second-order valence-corrected chi connectivity index (χ2v) is 5.01. The molecule has 0 bridgehead atoms. The van der Waals surface area contributed by atoms with Crippen LogP contribution in [0.3, 0.4) is 0 Å². The Bertz CT molecular complexity index is 700. The number of furan rings is 1. The van der Waals surface area contributed by atoms with Crippen molar-refractivity contribution in [1.29, 1.82) is 0 Å². The summed E-state index contributed by atoms with van der Waals surface area (Å²) in [5, 5.41) is 1.09. The van der Waals surface area contributed by atoms with E-state index in [1.165, 1.54) is 5.56 Å². The molecule has 0 spiro atoms. The van der Waals surface area contributed by atoms with Crippen LogP contribution in [0.25, 0.3) is 11.0 Å². The molecule has 0 saturated heterocycles. The van der Waals surface area contributed by atoms with Gasteiger partial charge in [-0.2, -0.15) is 0 Å². The third-order valence-corrected chi connectivity index (χ3v) is 3.63. The highest BCUT2D eigenvalue weighted by molar-refractivity contribution is 5.81. The summed E-state index contributed by atoms with van der Waals surface area (Å²) in [4.78, 5) is 4.47. The second kappa shape index (κ2) is 5.47. The lowest BCUT2D eigenvalue weighted by molar-refractivity contribution is 0.598. The summed E-state index contributed by atoms with van der Waals surface area (Å²) in [5.41, 5.74) is 10.5. The smallest absolute Gasteiger partial charge is 0.134 e. The largest absolute Gasteiger partial charge is 0.464 e. The molecule has 3 aromatic rings. The van der Waals surface area contributed by atoms with Crippen LogP contribution in [0.4, 0.5) is 0 Å². The Morgan fingerprint density at radius 1 is 1.20 bits per heavy atom. The summed E-state index contributed by atoms with van der Waals surface area (Å²) in [6, 6.07) is 12.0. The van der Waals surface area contributed by atoms with Crippen LogP contribution in [0, 0.1) is 0 Å². The molecule has 0 radical (unpaired) electrons. The molecule has 2 aromatic heterocycles. The van der Waals surface area contributed by atoms with E-state index in [2.05, 4.69) is 24.0 Å².